The maximum absolute atomic E-state index is 11.3. The second kappa shape index (κ2) is 5.59. The van der Waals surface area contributed by atoms with Crippen LogP contribution in [0.4, 0.5) is 0 Å². The van der Waals surface area contributed by atoms with E-state index in [1.165, 1.54) is 6.08 Å². The standard InChI is InChI=1S/C12H18O3/c1-4-9-7-10(5-2)15-11(9)8-12(13)14-6-3/h5,8-10H,2,4,6-7H2,1,3H3/b11-8-. The van der Waals surface area contributed by atoms with Crippen molar-refractivity contribution in [3.05, 3.63) is 24.5 Å². The molecule has 2 atom stereocenters. The molecule has 3 heteroatoms. The first-order valence-corrected chi connectivity index (χ1v) is 5.38. The second-order valence-corrected chi connectivity index (χ2v) is 3.53. The van der Waals surface area contributed by atoms with E-state index in [1.807, 2.05) is 0 Å². The molecule has 0 spiro atoms. The Morgan fingerprint density at radius 2 is 2.40 bits per heavy atom. The van der Waals surface area contributed by atoms with Crippen LogP contribution in [0.25, 0.3) is 0 Å². The van der Waals surface area contributed by atoms with Gasteiger partial charge in [-0.1, -0.05) is 19.6 Å². The van der Waals surface area contributed by atoms with Crippen LogP contribution in [-0.4, -0.2) is 18.7 Å². The molecule has 1 rings (SSSR count). The van der Waals surface area contributed by atoms with Gasteiger partial charge in [-0.15, -0.1) is 0 Å². The monoisotopic (exact) mass is 210 g/mol. The van der Waals surface area contributed by atoms with Crippen molar-refractivity contribution < 1.29 is 14.3 Å². The van der Waals surface area contributed by atoms with Gasteiger partial charge in [-0.2, -0.15) is 0 Å². The van der Waals surface area contributed by atoms with E-state index in [1.54, 1.807) is 13.0 Å². The van der Waals surface area contributed by atoms with Crippen LogP contribution >= 0.6 is 0 Å². The zero-order valence-electron chi connectivity index (χ0n) is 9.36. The number of carbonyl (C=O) groups is 1. The summed E-state index contributed by atoms with van der Waals surface area (Å²) in [5.41, 5.74) is 0. The van der Waals surface area contributed by atoms with Crippen molar-refractivity contribution in [2.24, 2.45) is 5.92 Å². The number of esters is 1. The number of hydrogen-bond donors (Lipinski definition) is 0. The lowest BCUT2D eigenvalue weighted by Crippen LogP contribution is -2.04. The zero-order valence-corrected chi connectivity index (χ0v) is 9.36. The molecule has 0 bridgehead atoms. The molecule has 0 aromatic heterocycles. The summed E-state index contributed by atoms with van der Waals surface area (Å²) in [6, 6.07) is 0. The summed E-state index contributed by atoms with van der Waals surface area (Å²) in [6.45, 7) is 7.96. The van der Waals surface area contributed by atoms with Crippen molar-refractivity contribution >= 4 is 5.97 Å². The average Bonchev–Trinajstić information content (AvgIpc) is 2.60. The minimum absolute atomic E-state index is 0.0376. The van der Waals surface area contributed by atoms with Gasteiger partial charge in [0.05, 0.1) is 12.7 Å². The minimum atomic E-state index is -0.323. The molecule has 0 radical (unpaired) electrons. The predicted molar refractivity (Wildman–Crippen MR) is 58.2 cm³/mol. The van der Waals surface area contributed by atoms with Gasteiger partial charge < -0.3 is 9.47 Å². The zero-order chi connectivity index (χ0) is 11.3. The maximum atomic E-state index is 11.3. The van der Waals surface area contributed by atoms with Crippen LogP contribution in [0.2, 0.25) is 0 Å². The summed E-state index contributed by atoms with van der Waals surface area (Å²) in [5.74, 6) is 0.730. The third-order valence-corrected chi connectivity index (χ3v) is 2.51. The number of ether oxygens (including phenoxy) is 2. The summed E-state index contributed by atoms with van der Waals surface area (Å²) < 4.78 is 10.4. The molecule has 1 fully saturated rings. The molecule has 0 saturated carbocycles. The molecule has 0 amide bonds. The normalized spacial score (nSPS) is 27.5. The van der Waals surface area contributed by atoms with E-state index in [4.69, 9.17) is 9.47 Å². The first kappa shape index (κ1) is 11.8. The highest BCUT2D eigenvalue weighted by Crippen LogP contribution is 2.32. The molecule has 1 heterocycles. The highest BCUT2D eigenvalue weighted by molar-refractivity contribution is 5.82. The van der Waals surface area contributed by atoms with E-state index in [-0.39, 0.29) is 12.1 Å². The summed E-state index contributed by atoms with van der Waals surface area (Å²) in [7, 11) is 0. The van der Waals surface area contributed by atoms with Gasteiger partial charge in [-0.05, 0) is 19.8 Å². The Labute approximate surface area is 90.8 Å². The van der Waals surface area contributed by atoms with Gasteiger partial charge in [-0.3, -0.25) is 0 Å². The van der Waals surface area contributed by atoms with E-state index in [9.17, 15) is 4.79 Å². The number of rotatable bonds is 4. The van der Waals surface area contributed by atoms with Crippen LogP contribution in [0.15, 0.2) is 24.5 Å². The molecule has 1 aliphatic rings. The molecular formula is C12H18O3. The average molecular weight is 210 g/mol. The summed E-state index contributed by atoms with van der Waals surface area (Å²) in [6.07, 6.45) is 5.15. The molecular weight excluding hydrogens is 192 g/mol. The molecule has 1 aliphatic heterocycles. The first-order valence-electron chi connectivity index (χ1n) is 5.38. The molecule has 0 N–H and O–H groups in total. The fourth-order valence-corrected chi connectivity index (χ4v) is 1.68. The third kappa shape index (κ3) is 3.11. The van der Waals surface area contributed by atoms with Gasteiger partial charge >= 0.3 is 5.97 Å². The largest absolute Gasteiger partial charge is 0.490 e. The topological polar surface area (TPSA) is 35.5 Å². The van der Waals surface area contributed by atoms with Crippen molar-refractivity contribution in [2.75, 3.05) is 6.61 Å². The highest BCUT2D eigenvalue weighted by Gasteiger charge is 2.28. The van der Waals surface area contributed by atoms with Crippen molar-refractivity contribution in [3.8, 4) is 0 Å². The van der Waals surface area contributed by atoms with Gasteiger partial charge in [0.25, 0.3) is 0 Å². The fraction of sp³-hybridized carbons (Fsp3) is 0.583. The van der Waals surface area contributed by atoms with Crippen LogP contribution in [0.3, 0.4) is 0 Å². The van der Waals surface area contributed by atoms with E-state index in [2.05, 4.69) is 13.5 Å². The second-order valence-electron chi connectivity index (χ2n) is 3.53. The first-order chi connectivity index (χ1) is 7.21. The van der Waals surface area contributed by atoms with Crippen molar-refractivity contribution in [2.45, 2.75) is 32.8 Å². The summed E-state index contributed by atoms with van der Waals surface area (Å²) in [4.78, 5) is 11.3. The third-order valence-electron chi connectivity index (χ3n) is 2.51. The number of allylic oxidation sites excluding steroid dienone is 1. The highest BCUT2D eigenvalue weighted by atomic mass is 16.5. The van der Waals surface area contributed by atoms with Gasteiger partial charge in [0, 0.05) is 5.92 Å². The minimum Gasteiger partial charge on any atom is -0.490 e. The van der Waals surface area contributed by atoms with Crippen LogP contribution < -0.4 is 0 Å². The Morgan fingerprint density at radius 1 is 1.67 bits per heavy atom. The summed E-state index contributed by atoms with van der Waals surface area (Å²) >= 11 is 0. The molecule has 3 nitrogen and oxygen atoms in total. The Bertz CT molecular complexity index is 268. The Hall–Kier alpha value is -1.25. The number of hydrogen-bond acceptors (Lipinski definition) is 3. The fourth-order valence-electron chi connectivity index (χ4n) is 1.68. The molecule has 84 valence electrons. The van der Waals surface area contributed by atoms with Crippen molar-refractivity contribution in [3.63, 3.8) is 0 Å². The van der Waals surface area contributed by atoms with Crippen LogP contribution in [0.1, 0.15) is 26.7 Å². The van der Waals surface area contributed by atoms with Gasteiger partial charge in [-0.25, -0.2) is 4.79 Å². The maximum Gasteiger partial charge on any atom is 0.334 e. The lowest BCUT2D eigenvalue weighted by atomic mass is 10.00. The molecule has 0 aliphatic carbocycles. The predicted octanol–water partition coefficient (Wildman–Crippen LogP) is 2.43. The van der Waals surface area contributed by atoms with Crippen LogP contribution in [0.5, 0.6) is 0 Å². The quantitative estimate of drug-likeness (QED) is 0.406. The Kier molecular flexibility index (Phi) is 4.40. The molecule has 15 heavy (non-hydrogen) atoms. The number of carbonyl (C=O) groups excluding carboxylic acids is 1. The van der Waals surface area contributed by atoms with E-state index >= 15 is 0 Å². The van der Waals surface area contributed by atoms with E-state index in [0.717, 1.165) is 18.6 Å². The van der Waals surface area contributed by atoms with Crippen LogP contribution in [0, 0.1) is 5.92 Å². The Morgan fingerprint density at radius 3 is 2.93 bits per heavy atom. The van der Waals surface area contributed by atoms with Gasteiger partial charge in [0.2, 0.25) is 0 Å². The molecule has 1 saturated heterocycles. The van der Waals surface area contributed by atoms with Crippen LogP contribution in [-0.2, 0) is 14.3 Å². The van der Waals surface area contributed by atoms with Crippen molar-refractivity contribution in [1.82, 2.24) is 0 Å². The Balaban J connectivity index is 2.66. The van der Waals surface area contributed by atoms with Gasteiger partial charge in [0.1, 0.15) is 11.9 Å². The molecule has 2 unspecified atom stereocenters. The lowest BCUT2D eigenvalue weighted by Gasteiger charge is -2.06. The SMILES string of the molecule is C=CC1CC(CC)/C(=C/C(=O)OCC)O1. The molecule has 0 aromatic carbocycles. The molecule has 0 aromatic rings. The smallest absolute Gasteiger partial charge is 0.334 e. The lowest BCUT2D eigenvalue weighted by molar-refractivity contribution is -0.137. The van der Waals surface area contributed by atoms with E-state index < -0.39 is 0 Å². The van der Waals surface area contributed by atoms with Crippen molar-refractivity contribution in [1.29, 1.82) is 0 Å². The van der Waals surface area contributed by atoms with E-state index in [0.29, 0.717) is 12.5 Å². The van der Waals surface area contributed by atoms with Gasteiger partial charge in [0.15, 0.2) is 0 Å². The summed E-state index contributed by atoms with van der Waals surface area (Å²) in [5, 5.41) is 0.